The highest BCUT2D eigenvalue weighted by Crippen LogP contribution is 2.19. The van der Waals surface area contributed by atoms with Crippen molar-refractivity contribution in [2.45, 2.75) is 18.6 Å². The Morgan fingerprint density at radius 3 is 2.36 bits per heavy atom. The van der Waals surface area contributed by atoms with Crippen molar-refractivity contribution in [3.05, 3.63) is 65.7 Å². The van der Waals surface area contributed by atoms with Crippen molar-refractivity contribution in [2.75, 3.05) is 20.8 Å². The summed E-state index contributed by atoms with van der Waals surface area (Å²) in [6, 6.07) is 17.9. The molecule has 4 heteroatoms. The second-order valence-electron chi connectivity index (χ2n) is 5.19. The molecule has 2 atom stereocenters. The van der Waals surface area contributed by atoms with E-state index in [1.807, 2.05) is 54.6 Å². The SMILES string of the molecule is COCC(NCc1ccccc1OC)C(N)c1ccccc1. The summed E-state index contributed by atoms with van der Waals surface area (Å²) < 4.78 is 10.7. The lowest BCUT2D eigenvalue weighted by molar-refractivity contribution is 0.154. The number of ether oxygens (including phenoxy) is 2. The number of benzene rings is 2. The number of rotatable bonds is 8. The number of nitrogens with one attached hydrogen (secondary N) is 1. The standard InChI is InChI=1S/C18H24N2O2/c1-21-13-16(18(19)14-8-4-3-5-9-14)20-12-15-10-6-7-11-17(15)22-2/h3-11,16,18,20H,12-13,19H2,1-2H3. The van der Waals surface area contributed by atoms with Crippen LogP contribution in [-0.2, 0) is 11.3 Å². The molecular weight excluding hydrogens is 276 g/mol. The first-order valence-electron chi connectivity index (χ1n) is 7.41. The van der Waals surface area contributed by atoms with Crippen molar-refractivity contribution in [3.63, 3.8) is 0 Å². The van der Waals surface area contributed by atoms with E-state index in [4.69, 9.17) is 15.2 Å². The van der Waals surface area contributed by atoms with Gasteiger partial charge in [-0.1, -0.05) is 48.5 Å². The molecule has 0 radical (unpaired) electrons. The molecule has 0 saturated heterocycles. The molecule has 118 valence electrons. The van der Waals surface area contributed by atoms with Gasteiger partial charge in [-0.25, -0.2) is 0 Å². The van der Waals surface area contributed by atoms with Gasteiger partial charge in [0.05, 0.1) is 13.7 Å². The van der Waals surface area contributed by atoms with Gasteiger partial charge in [-0.3, -0.25) is 0 Å². The molecule has 0 aliphatic heterocycles. The van der Waals surface area contributed by atoms with Gasteiger partial charge in [0.2, 0.25) is 0 Å². The topological polar surface area (TPSA) is 56.5 Å². The minimum Gasteiger partial charge on any atom is -0.496 e. The molecule has 0 aliphatic rings. The third-order valence-electron chi connectivity index (χ3n) is 3.71. The van der Waals surface area contributed by atoms with Crippen LogP contribution in [0.2, 0.25) is 0 Å². The molecule has 0 saturated carbocycles. The Hall–Kier alpha value is -1.88. The van der Waals surface area contributed by atoms with Crippen molar-refractivity contribution in [1.29, 1.82) is 0 Å². The van der Waals surface area contributed by atoms with Gasteiger partial charge in [-0.2, -0.15) is 0 Å². The molecule has 0 spiro atoms. The predicted molar refractivity (Wildman–Crippen MR) is 88.9 cm³/mol. The lowest BCUT2D eigenvalue weighted by Gasteiger charge is -2.25. The van der Waals surface area contributed by atoms with Crippen LogP contribution < -0.4 is 15.8 Å². The zero-order valence-electron chi connectivity index (χ0n) is 13.2. The van der Waals surface area contributed by atoms with Crippen LogP contribution in [0.5, 0.6) is 5.75 Å². The quantitative estimate of drug-likeness (QED) is 0.786. The summed E-state index contributed by atoms with van der Waals surface area (Å²) >= 11 is 0. The van der Waals surface area contributed by atoms with Gasteiger partial charge in [0.15, 0.2) is 0 Å². The minimum atomic E-state index is -0.129. The summed E-state index contributed by atoms with van der Waals surface area (Å²) in [5.74, 6) is 0.874. The van der Waals surface area contributed by atoms with Crippen molar-refractivity contribution in [3.8, 4) is 5.75 Å². The fourth-order valence-corrected chi connectivity index (χ4v) is 2.47. The van der Waals surface area contributed by atoms with E-state index < -0.39 is 0 Å². The van der Waals surface area contributed by atoms with E-state index in [1.165, 1.54) is 0 Å². The second-order valence-corrected chi connectivity index (χ2v) is 5.19. The largest absolute Gasteiger partial charge is 0.496 e. The Bertz CT molecular complexity index is 560. The fraction of sp³-hybridized carbons (Fsp3) is 0.333. The predicted octanol–water partition coefficient (Wildman–Crippen LogP) is 2.50. The van der Waals surface area contributed by atoms with Crippen molar-refractivity contribution in [2.24, 2.45) is 5.73 Å². The van der Waals surface area contributed by atoms with Gasteiger partial charge in [-0.05, 0) is 11.6 Å². The number of hydrogen-bond donors (Lipinski definition) is 2. The van der Waals surface area contributed by atoms with Crippen LogP contribution in [0, 0.1) is 0 Å². The maximum Gasteiger partial charge on any atom is 0.123 e. The third-order valence-corrected chi connectivity index (χ3v) is 3.71. The molecule has 2 unspecified atom stereocenters. The highest BCUT2D eigenvalue weighted by Gasteiger charge is 2.19. The second kappa shape index (κ2) is 8.54. The maximum absolute atomic E-state index is 6.39. The zero-order valence-corrected chi connectivity index (χ0v) is 13.2. The Morgan fingerprint density at radius 1 is 1.00 bits per heavy atom. The average molecular weight is 300 g/mol. The number of hydrogen-bond acceptors (Lipinski definition) is 4. The number of nitrogens with two attached hydrogens (primary N) is 1. The monoisotopic (exact) mass is 300 g/mol. The zero-order chi connectivity index (χ0) is 15.8. The third kappa shape index (κ3) is 4.31. The molecule has 0 amide bonds. The van der Waals surface area contributed by atoms with E-state index in [1.54, 1.807) is 14.2 Å². The molecular formula is C18H24N2O2. The fourth-order valence-electron chi connectivity index (χ4n) is 2.47. The highest BCUT2D eigenvalue weighted by molar-refractivity contribution is 5.33. The van der Waals surface area contributed by atoms with Gasteiger partial charge in [-0.15, -0.1) is 0 Å². The van der Waals surface area contributed by atoms with E-state index in [-0.39, 0.29) is 12.1 Å². The summed E-state index contributed by atoms with van der Waals surface area (Å²) in [5, 5.41) is 3.48. The Labute approximate surface area is 132 Å². The summed E-state index contributed by atoms with van der Waals surface area (Å²) in [4.78, 5) is 0. The summed E-state index contributed by atoms with van der Waals surface area (Å²) in [6.07, 6.45) is 0. The molecule has 0 aromatic heterocycles. The molecule has 0 heterocycles. The van der Waals surface area contributed by atoms with Crippen molar-refractivity contribution in [1.82, 2.24) is 5.32 Å². The number of methoxy groups -OCH3 is 2. The number of para-hydroxylation sites is 1. The Morgan fingerprint density at radius 2 is 1.68 bits per heavy atom. The summed E-state index contributed by atoms with van der Waals surface area (Å²) in [6.45, 7) is 1.23. The molecule has 0 bridgehead atoms. The van der Waals surface area contributed by atoms with E-state index in [0.29, 0.717) is 13.2 Å². The lowest BCUT2D eigenvalue weighted by Crippen LogP contribution is -2.42. The van der Waals surface area contributed by atoms with Crippen LogP contribution in [0.25, 0.3) is 0 Å². The molecule has 2 aromatic rings. The van der Waals surface area contributed by atoms with Crippen LogP contribution in [0.15, 0.2) is 54.6 Å². The summed E-state index contributed by atoms with van der Waals surface area (Å²) in [7, 11) is 3.37. The Balaban J connectivity index is 2.05. The molecule has 3 N–H and O–H groups in total. The van der Waals surface area contributed by atoms with Gasteiger partial charge in [0.1, 0.15) is 5.75 Å². The van der Waals surface area contributed by atoms with Crippen LogP contribution in [-0.4, -0.2) is 26.9 Å². The highest BCUT2D eigenvalue weighted by atomic mass is 16.5. The van der Waals surface area contributed by atoms with Gasteiger partial charge in [0, 0.05) is 31.3 Å². The maximum atomic E-state index is 6.39. The first-order chi connectivity index (χ1) is 10.8. The smallest absolute Gasteiger partial charge is 0.123 e. The molecule has 4 nitrogen and oxygen atoms in total. The van der Waals surface area contributed by atoms with Crippen LogP contribution >= 0.6 is 0 Å². The summed E-state index contributed by atoms with van der Waals surface area (Å²) in [5.41, 5.74) is 8.58. The normalized spacial score (nSPS) is 13.6. The van der Waals surface area contributed by atoms with Crippen LogP contribution in [0.3, 0.4) is 0 Å². The van der Waals surface area contributed by atoms with E-state index in [2.05, 4.69) is 5.32 Å². The molecule has 2 rings (SSSR count). The molecule has 2 aromatic carbocycles. The van der Waals surface area contributed by atoms with Gasteiger partial charge < -0.3 is 20.5 Å². The lowest BCUT2D eigenvalue weighted by atomic mass is 10.0. The molecule has 22 heavy (non-hydrogen) atoms. The van der Waals surface area contributed by atoms with E-state index in [9.17, 15) is 0 Å². The first kappa shape index (κ1) is 16.5. The van der Waals surface area contributed by atoms with Crippen LogP contribution in [0.4, 0.5) is 0 Å². The van der Waals surface area contributed by atoms with Crippen molar-refractivity contribution >= 4 is 0 Å². The minimum absolute atomic E-state index is 0.0253. The molecule has 0 aliphatic carbocycles. The van der Waals surface area contributed by atoms with Gasteiger partial charge in [0.25, 0.3) is 0 Å². The Kier molecular flexibility index (Phi) is 6.40. The van der Waals surface area contributed by atoms with Gasteiger partial charge >= 0.3 is 0 Å². The van der Waals surface area contributed by atoms with Crippen LogP contribution in [0.1, 0.15) is 17.2 Å². The van der Waals surface area contributed by atoms with Crippen molar-refractivity contribution < 1.29 is 9.47 Å². The molecule has 0 fully saturated rings. The van der Waals surface area contributed by atoms with E-state index >= 15 is 0 Å². The first-order valence-corrected chi connectivity index (χ1v) is 7.41. The average Bonchev–Trinajstić information content (AvgIpc) is 2.59. The van der Waals surface area contributed by atoms with E-state index in [0.717, 1.165) is 16.9 Å².